The Morgan fingerprint density at radius 1 is 1.03 bits per heavy atom. The van der Waals surface area contributed by atoms with Gasteiger partial charge in [0, 0.05) is 12.2 Å². The summed E-state index contributed by atoms with van der Waals surface area (Å²) in [5.74, 6) is -2.32. The van der Waals surface area contributed by atoms with Gasteiger partial charge in [-0.15, -0.1) is 0 Å². The second kappa shape index (κ2) is 8.86. The fourth-order valence-corrected chi connectivity index (χ4v) is 2.95. The van der Waals surface area contributed by atoms with Gasteiger partial charge < -0.3 is 10.1 Å². The van der Waals surface area contributed by atoms with E-state index < -0.39 is 30.2 Å². The number of nitrogens with one attached hydrogen (secondary N) is 1. The van der Waals surface area contributed by atoms with Crippen molar-refractivity contribution in [2.75, 3.05) is 18.5 Å². The number of rotatable bonds is 7. The van der Waals surface area contributed by atoms with Crippen molar-refractivity contribution in [3.05, 3.63) is 65.0 Å². The average molecular weight is 412 g/mol. The maximum Gasteiger partial charge on any atom is 0.338 e. The quantitative estimate of drug-likeness (QED) is 0.557. The lowest BCUT2D eigenvalue weighted by molar-refractivity contribution is -0.119. The number of hydrogen-bond donors (Lipinski definition) is 1. The first-order chi connectivity index (χ1) is 14.3. The van der Waals surface area contributed by atoms with Crippen LogP contribution in [-0.2, 0) is 9.53 Å². The molecule has 1 aliphatic rings. The van der Waals surface area contributed by atoms with Gasteiger partial charge in [-0.05, 0) is 54.8 Å². The minimum absolute atomic E-state index is 0.0650. The molecule has 0 aromatic heterocycles. The van der Waals surface area contributed by atoms with E-state index in [-0.39, 0.29) is 22.6 Å². The van der Waals surface area contributed by atoms with E-state index in [0.29, 0.717) is 24.6 Å². The SMILES string of the molecule is CC(C)CCN1C(=O)c2ccc(C(=O)OCC(=O)Nc3ccc(F)cc3)cc2C1=O. The number of amides is 3. The van der Waals surface area contributed by atoms with Gasteiger partial charge in [0.25, 0.3) is 17.7 Å². The highest BCUT2D eigenvalue weighted by atomic mass is 19.1. The zero-order valence-electron chi connectivity index (χ0n) is 16.6. The molecule has 0 radical (unpaired) electrons. The first-order valence-electron chi connectivity index (χ1n) is 9.49. The van der Waals surface area contributed by atoms with E-state index in [1.54, 1.807) is 0 Å². The Balaban J connectivity index is 1.61. The third-order valence-corrected chi connectivity index (χ3v) is 4.60. The number of benzene rings is 2. The van der Waals surface area contributed by atoms with Crippen molar-refractivity contribution in [2.45, 2.75) is 20.3 Å². The van der Waals surface area contributed by atoms with Crippen LogP contribution in [0.4, 0.5) is 10.1 Å². The summed E-state index contributed by atoms with van der Waals surface area (Å²) in [6.07, 6.45) is 0.684. The molecular weight excluding hydrogens is 391 g/mol. The van der Waals surface area contributed by atoms with Gasteiger partial charge in [-0.1, -0.05) is 13.8 Å². The molecule has 0 fully saturated rings. The van der Waals surface area contributed by atoms with Crippen LogP contribution >= 0.6 is 0 Å². The number of fused-ring (bicyclic) bond motifs is 1. The van der Waals surface area contributed by atoms with Crippen LogP contribution in [0.3, 0.4) is 0 Å². The van der Waals surface area contributed by atoms with Crippen molar-refractivity contribution in [3.63, 3.8) is 0 Å². The van der Waals surface area contributed by atoms with Crippen molar-refractivity contribution in [3.8, 4) is 0 Å². The summed E-state index contributed by atoms with van der Waals surface area (Å²) in [5, 5.41) is 2.47. The number of ether oxygens (including phenoxy) is 1. The lowest BCUT2D eigenvalue weighted by Crippen LogP contribution is -2.31. The van der Waals surface area contributed by atoms with E-state index in [1.807, 2.05) is 13.8 Å². The number of anilines is 1. The standard InChI is InChI=1S/C22H21FN2O5/c1-13(2)9-10-25-20(27)17-8-3-14(11-18(17)21(25)28)22(29)30-12-19(26)24-16-6-4-15(23)5-7-16/h3-8,11,13H,9-10,12H2,1-2H3,(H,24,26). The molecule has 0 aliphatic carbocycles. The molecule has 0 saturated heterocycles. The monoisotopic (exact) mass is 412 g/mol. The number of carbonyl (C=O) groups excluding carboxylic acids is 4. The Labute approximate surface area is 172 Å². The van der Waals surface area contributed by atoms with Crippen LogP contribution in [0, 0.1) is 11.7 Å². The Morgan fingerprint density at radius 2 is 1.70 bits per heavy atom. The molecule has 0 saturated carbocycles. The van der Waals surface area contributed by atoms with Gasteiger partial charge in [0.1, 0.15) is 5.82 Å². The van der Waals surface area contributed by atoms with E-state index in [2.05, 4.69) is 5.32 Å². The summed E-state index contributed by atoms with van der Waals surface area (Å²) in [7, 11) is 0. The molecule has 8 heteroatoms. The largest absolute Gasteiger partial charge is 0.452 e. The van der Waals surface area contributed by atoms with Gasteiger partial charge in [-0.2, -0.15) is 0 Å². The number of carbonyl (C=O) groups is 4. The van der Waals surface area contributed by atoms with Gasteiger partial charge in [0.2, 0.25) is 0 Å². The summed E-state index contributed by atoms with van der Waals surface area (Å²) in [6.45, 7) is 3.76. The Bertz CT molecular complexity index is 1000. The fourth-order valence-electron chi connectivity index (χ4n) is 2.95. The van der Waals surface area contributed by atoms with Crippen LogP contribution in [-0.4, -0.2) is 41.7 Å². The first kappa shape index (κ1) is 21.2. The number of hydrogen-bond acceptors (Lipinski definition) is 5. The second-order valence-corrected chi connectivity index (χ2v) is 7.34. The van der Waals surface area contributed by atoms with Gasteiger partial charge in [-0.25, -0.2) is 9.18 Å². The highest BCUT2D eigenvalue weighted by molar-refractivity contribution is 6.22. The maximum absolute atomic E-state index is 12.9. The van der Waals surface area contributed by atoms with Crippen LogP contribution in [0.5, 0.6) is 0 Å². The summed E-state index contributed by atoms with van der Waals surface area (Å²) in [6, 6.07) is 9.25. The lowest BCUT2D eigenvalue weighted by Gasteiger charge is -2.14. The third kappa shape index (κ3) is 4.71. The van der Waals surface area contributed by atoms with Crippen LogP contribution in [0.15, 0.2) is 42.5 Å². The van der Waals surface area contributed by atoms with E-state index in [1.165, 1.54) is 47.4 Å². The number of esters is 1. The van der Waals surface area contributed by atoms with Crippen LogP contribution in [0.2, 0.25) is 0 Å². The van der Waals surface area contributed by atoms with Gasteiger partial charge >= 0.3 is 5.97 Å². The number of imide groups is 1. The molecule has 2 aromatic carbocycles. The molecule has 0 unspecified atom stereocenters. The molecule has 3 amide bonds. The topological polar surface area (TPSA) is 92.8 Å². The van der Waals surface area contributed by atoms with Gasteiger partial charge in [0.05, 0.1) is 16.7 Å². The average Bonchev–Trinajstić information content (AvgIpc) is 2.96. The zero-order chi connectivity index (χ0) is 21.8. The minimum atomic E-state index is -0.798. The molecule has 0 spiro atoms. The van der Waals surface area contributed by atoms with Crippen molar-refractivity contribution >= 4 is 29.4 Å². The normalized spacial score (nSPS) is 12.9. The molecule has 2 aromatic rings. The third-order valence-electron chi connectivity index (χ3n) is 4.60. The van der Waals surface area contributed by atoms with Crippen LogP contribution in [0.25, 0.3) is 0 Å². The number of nitrogens with zero attached hydrogens (tertiary/aromatic N) is 1. The Hall–Kier alpha value is -3.55. The fraction of sp³-hybridized carbons (Fsp3) is 0.273. The molecule has 30 heavy (non-hydrogen) atoms. The van der Waals surface area contributed by atoms with Crippen molar-refractivity contribution in [1.29, 1.82) is 0 Å². The smallest absolute Gasteiger partial charge is 0.338 e. The first-order valence-corrected chi connectivity index (χ1v) is 9.49. The molecule has 156 valence electrons. The van der Waals surface area contributed by atoms with Crippen molar-refractivity contribution in [2.24, 2.45) is 5.92 Å². The Kier molecular flexibility index (Phi) is 6.25. The summed E-state index contributed by atoms with van der Waals surface area (Å²) < 4.78 is 17.9. The van der Waals surface area contributed by atoms with Crippen molar-refractivity contribution in [1.82, 2.24) is 4.90 Å². The molecule has 0 atom stereocenters. The van der Waals surface area contributed by atoms with E-state index in [9.17, 15) is 23.6 Å². The lowest BCUT2D eigenvalue weighted by atomic mass is 10.1. The zero-order valence-corrected chi connectivity index (χ0v) is 16.6. The van der Waals surface area contributed by atoms with E-state index in [0.717, 1.165) is 0 Å². The second-order valence-electron chi connectivity index (χ2n) is 7.34. The summed E-state index contributed by atoms with van der Waals surface area (Å²) >= 11 is 0. The van der Waals surface area contributed by atoms with E-state index in [4.69, 9.17) is 4.74 Å². The Morgan fingerprint density at radius 3 is 2.37 bits per heavy atom. The maximum atomic E-state index is 12.9. The molecule has 1 N–H and O–H groups in total. The van der Waals surface area contributed by atoms with Gasteiger partial charge in [-0.3, -0.25) is 19.3 Å². The molecule has 1 aliphatic heterocycles. The molecule has 1 heterocycles. The minimum Gasteiger partial charge on any atom is -0.452 e. The molecular formula is C22H21FN2O5. The molecule has 0 bridgehead atoms. The van der Waals surface area contributed by atoms with E-state index >= 15 is 0 Å². The molecule has 3 rings (SSSR count). The predicted octanol–water partition coefficient (Wildman–Crippen LogP) is 3.26. The van der Waals surface area contributed by atoms with Crippen LogP contribution in [0.1, 0.15) is 51.3 Å². The van der Waals surface area contributed by atoms with Crippen LogP contribution < -0.4 is 5.32 Å². The summed E-state index contributed by atoms with van der Waals surface area (Å²) in [5.41, 5.74) is 0.819. The number of halogens is 1. The highest BCUT2D eigenvalue weighted by Gasteiger charge is 2.35. The molecule has 7 nitrogen and oxygen atoms in total. The predicted molar refractivity (Wildman–Crippen MR) is 107 cm³/mol. The van der Waals surface area contributed by atoms with Gasteiger partial charge in [0.15, 0.2) is 6.61 Å². The summed E-state index contributed by atoms with van der Waals surface area (Å²) in [4.78, 5) is 50.3. The van der Waals surface area contributed by atoms with Crippen molar-refractivity contribution < 1.29 is 28.3 Å². The highest BCUT2D eigenvalue weighted by Crippen LogP contribution is 2.25.